The fourth-order valence-corrected chi connectivity index (χ4v) is 3.23. The van der Waals surface area contributed by atoms with Crippen LogP contribution in [0.3, 0.4) is 0 Å². The number of hydrogen-bond donors (Lipinski definition) is 1. The van der Waals surface area contributed by atoms with Crippen molar-refractivity contribution in [2.24, 2.45) is 5.92 Å². The highest BCUT2D eigenvalue weighted by Gasteiger charge is 2.24. The molecule has 1 fully saturated rings. The van der Waals surface area contributed by atoms with E-state index in [-0.39, 0.29) is 17.3 Å². The summed E-state index contributed by atoms with van der Waals surface area (Å²) in [6, 6.07) is 6.76. The maximum absolute atomic E-state index is 12.4. The summed E-state index contributed by atoms with van der Waals surface area (Å²) in [6.07, 6.45) is 6.19. The van der Waals surface area contributed by atoms with Crippen LogP contribution in [-0.4, -0.2) is 16.9 Å². The van der Waals surface area contributed by atoms with Crippen molar-refractivity contribution in [3.8, 4) is 6.07 Å². The lowest BCUT2D eigenvalue weighted by Crippen LogP contribution is -2.41. The summed E-state index contributed by atoms with van der Waals surface area (Å²) in [7, 11) is 0. The average Bonchev–Trinajstić information content (AvgIpc) is 2.61. The number of nitro groups is 1. The first-order valence-corrected chi connectivity index (χ1v) is 8.66. The second-order valence-electron chi connectivity index (χ2n) is 6.51. The second kappa shape index (κ2) is 8.43. The summed E-state index contributed by atoms with van der Waals surface area (Å²) in [5, 5.41) is 23.4. The fraction of sp³-hybridized carbons (Fsp3) is 0.474. The lowest BCUT2D eigenvalue weighted by atomic mass is 9.86. The van der Waals surface area contributed by atoms with Crippen molar-refractivity contribution in [3.63, 3.8) is 0 Å². The molecule has 132 valence electrons. The third-order valence-corrected chi connectivity index (χ3v) is 4.79. The van der Waals surface area contributed by atoms with Gasteiger partial charge < -0.3 is 5.32 Å². The summed E-state index contributed by atoms with van der Waals surface area (Å²) < 4.78 is 0. The summed E-state index contributed by atoms with van der Waals surface area (Å²) in [6.45, 7) is 3.95. The normalized spacial score (nSPS) is 20.6. The molecular formula is C19H23N3O3. The van der Waals surface area contributed by atoms with E-state index in [4.69, 9.17) is 0 Å². The van der Waals surface area contributed by atoms with Crippen LogP contribution in [0.25, 0.3) is 6.08 Å². The molecule has 1 saturated carbocycles. The monoisotopic (exact) mass is 341 g/mol. The average molecular weight is 341 g/mol. The van der Waals surface area contributed by atoms with Crippen LogP contribution in [0, 0.1) is 27.4 Å². The van der Waals surface area contributed by atoms with Crippen molar-refractivity contribution in [2.45, 2.75) is 52.0 Å². The molecule has 0 saturated heterocycles. The lowest BCUT2D eigenvalue weighted by Gasteiger charge is -2.29. The van der Waals surface area contributed by atoms with Crippen LogP contribution in [-0.2, 0) is 11.2 Å². The molecule has 1 N–H and O–H groups in total. The van der Waals surface area contributed by atoms with Crippen molar-refractivity contribution >= 4 is 17.7 Å². The molecule has 1 amide bonds. The van der Waals surface area contributed by atoms with E-state index in [2.05, 4.69) is 12.2 Å². The van der Waals surface area contributed by atoms with Gasteiger partial charge in [-0.1, -0.05) is 38.8 Å². The van der Waals surface area contributed by atoms with Crippen LogP contribution >= 0.6 is 0 Å². The number of carbonyl (C=O) groups is 1. The molecule has 0 unspecified atom stereocenters. The van der Waals surface area contributed by atoms with Crippen molar-refractivity contribution in [1.82, 2.24) is 5.32 Å². The number of benzene rings is 1. The maximum atomic E-state index is 12.4. The molecule has 0 heterocycles. The number of amides is 1. The van der Waals surface area contributed by atoms with Gasteiger partial charge in [0.1, 0.15) is 11.6 Å². The summed E-state index contributed by atoms with van der Waals surface area (Å²) >= 11 is 0. The highest BCUT2D eigenvalue weighted by atomic mass is 16.6. The first-order valence-electron chi connectivity index (χ1n) is 8.66. The molecule has 0 spiro atoms. The van der Waals surface area contributed by atoms with Crippen LogP contribution in [0.15, 0.2) is 23.8 Å². The maximum Gasteiger partial charge on any atom is 0.273 e. The topological polar surface area (TPSA) is 96.0 Å². The summed E-state index contributed by atoms with van der Waals surface area (Å²) in [4.78, 5) is 23.1. The molecule has 25 heavy (non-hydrogen) atoms. The molecule has 1 aromatic carbocycles. The zero-order valence-corrected chi connectivity index (χ0v) is 14.6. The second-order valence-corrected chi connectivity index (χ2v) is 6.51. The minimum Gasteiger partial charge on any atom is -0.348 e. The minimum atomic E-state index is -0.438. The Morgan fingerprint density at radius 3 is 2.76 bits per heavy atom. The fourth-order valence-electron chi connectivity index (χ4n) is 3.23. The number of rotatable bonds is 5. The Hall–Kier alpha value is -2.68. The third kappa shape index (κ3) is 4.66. The van der Waals surface area contributed by atoms with E-state index in [0.717, 1.165) is 19.3 Å². The van der Waals surface area contributed by atoms with Crippen molar-refractivity contribution in [1.29, 1.82) is 5.26 Å². The van der Waals surface area contributed by atoms with E-state index in [1.54, 1.807) is 12.1 Å². The zero-order chi connectivity index (χ0) is 18.4. The predicted octanol–water partition coefficient (Wildman–Crippen LogP) is 3.76. The van der Waals surface area contributed by atoms with Gasteiger partial charge in [0.15, 0.2) is 0 Å². The Labute approximate surface area is 147 Å². The van der Waals surface area contributed by atoms with Crippen LogP contribution in [0.4, 0.5) is 5.69 Å². The van der Waals surface area contributed by atoms with Gasteiger partial charge in [0.25, 0.3) is 11.6 Å². The van der Waals surface area contributed by atoms with E-state index in [9.17, 15) is 20.2 Å². The number of nitriles is 1. The van der Waals surface area contributed by atoms with Gasteiger partial charge in [-0.15, -0.1) is 0 Å². The SMILES string of the molecule is CCc1ccc(/C=C(\C#N)C(=O)N[C@H]2CCCC[C@H]2C)cc1[N+](=O)[O-]. The molecule has 0 bridgehead atoms. The van der Waals surface area contributed by atoms with Gasteiger partial charge in [-0.05, 0) is 36.8 Å². The van der Waals surface area contributed by atoms with Gasteiger partial charge in [0.05, 0.1) is 4.92 Å². The van der Waals surface area contributed by atoms with Gasteiger partial charge in [-0.25, -0.2) is 0 Å². The quantitative estimate of drug-likeness (QED) is 0.382. The third-order valence-electron chi connectivity index (χ3n) is 4.79. The van der Waals surface area contributed by atoms with Gasteiger partial charge in [-0.2, -0.15) is 5.26 Å². The number of carbonyl (C=O) groups excluding carboxylic acids is 1. The van der Waals surface area contributed by atoms with E-state index >= 15 is 0 Å². The molecule has 2 rings (SSSR count). The Morgan fingerprint density at radius 1 is 1.44 bits per heavy atom. The summed E-state index contributed by atoms with van der Waals surface area (Å²) in [5.74, 6) is -0.0222. The van der Waals surface area contributed by atoms with E-state index in [1.807, 2.05) is 13.0 Å². The molecule has 1 aliphatic carbocycles. The van der Waals surface area contributed by atoms with Crippen LogP contribution < -0.4 is 5.32 Å². The predicted molar refractivity (Wildman–Crippen MR) is 95.6 cm³/mol. The van der Waals surface area contributed by atoms with Crippen molar-refractivity contribution in [3.05, 3.63) is 45.0 Å². The molecule has 0 aromatic heterocycles. The number of hydrogen-bond acceptors (Lipinski definition) is 4. The largest absolute Gasteiger partial charge is 0.348 e. The number of aryl methyl sites for hydroxylation is 1. The first kappa shape index (κ1) is 18.7. The van der Waals surface area contributed by atoms with E-state index < -0.39 is 10.8 Å². The molecule has 1 aliphatic rings. The molecule has 0 radical (unpaired) electrons. The molecular weight excluding hydrogens is 318 g/mol. The first-order chi connectivity index (χ1) is 12.0. The van der Waals surface area contributed by atoms with Gasteiger partial charge in [0.2, 0.25) is 0 Å². The number of nitro benzene ring substituents is 1. The summed E-state index contributed by atoms with van der Waals surface area (Å²) in [5.41, 5.74) is 1.08. The van der Waals surface area contributed by atoms with Crippen LogP contribution in [0.1, 0.15) is 50.7 Å². The van der Waals surface area contributed by atoms with Crippen molar-refractivity contribution in [2.75, 3.05) is 0 Å². The zero-order valence-electron chi connectivity index (χ0n) is 14.6. The van der Waals surface area contributed by atoms with Gasteiger partial charge in [0, 0.05) is 17.7 Å². The molecule has 6 nitrogen and oxygen atoms in total. The number of nitrogens with zero attached hydrogens (tertiary/aromatic N) is 2. The highest BCUT2D eigenvalue weighted by molar-refractivity contribution is 6.01. The smallest absolute Gasteiger partial charge is 0.273 e. The van der Waals surface area contributed by atoms with Gasteiger partial charge in [-0.3, -0.25) is 14.9 Å². The Morgan fingerprint density at radius 2 is 2.16 bits per heavy atom. The molecule has 1 aromatic rings. The van der Waals surface area contributed by atoms with Crippen LogP contribution in [0.2, 0.25) is 0 Å². The Balaban J connectivity index is 2.22. The molecule has 2 atom stereocenters. The Kier molecular flexibility index (Phi) is 6.29. The van der Waals surface area contributed by atoms with Crippen LogP contribution in [0.5, 0.6) is 0 Å². The van der Waals surface area contributed by atoms with E-state index in [0.29, 0.717) is 23.5 Å². The Bertz CT molecular complexity index is 734. The lowest BCUT2D eigenvalue weighted by molar-refractivity contribution is -0.385. The highest BCUT2D eigenvalue weighted by Crippen LogP contribution is 2.25. The molecule has 6 heteroatoms. The van der Waals surface area contributed by atoms with Gasteiger partial charge >= 0.3 is 0 Å². The minimum absolute atomic E-state index is 0.00912. The standard InChI is InChI=1S/C19H23N3O3/c1-3-15-9-8-14(11-18(15)22(24)25)10-16(12-20)19(23)21-17-7-5-4-6-13(17)2/h8-11,13,17H,3-7H2,1-2H3,(H,21,23)/b16-10+/t13-,17+/m1/s1. The number of nitrogens with one attached hydrogen (secondary N) is 1. The van der Waals surface area contributed by atoms with E-state index in [1.165, 1.54) is 18.6 Å². The van der Waals surface area contributed by atoms with Crippen molar-refractivity contribution < 1.29 is 9.72 Å². The molecule has 0 aliphatic heterocycles.